The van der Waals surface area contributed by atoms with Gasteiger partial charge in [-0.15, -0.1) is 0 Å². The maximum absolute atomic E-state index is 11.1. The van der Waals surface area contributed by atoms with Crippen LogP contribution in [0.15, 0.2) is 42.5 Å². The van der Waals surface area contributed by atoms with Gasteiger partial charge in [0.2, 0.25) is 0 Å². The van der Waals surface area contributed by atoms with E-state index in [-0.39, 0.29) is 0 Å². The molecule has 2 N–H and O–H groups in total. The molecule has 2 aromatic rings. The van der Waals surface area contributed by atoms with Crippen molar-refractivity contribution < 1.29 is 14.6 Å². The maximum atomic E-state index is 11.1. The Hall–Kier alpha value is -2.49. The maximum Gasteiger partial charge on any atom is 0.336 e. The lowest BCUT2D eigenvalue weighted by Gasteiger charge is -2.12. The molecule has 0 aliphatic carbocycles. The molecule has 2 rings (SSSR count). The topological polar surface area (TPSA) is 58.6 Å². The molecule has 2 aromatic carbocycles. The van der Waals surface area contributed by atoms with Crippen molar-refractivity contribution in [2.75, 3.05) is 12.4 Å². The molecule has 0 saturated carbocycles. The van der Waals surface area contributed by atoms with Crippen molar-refractivity contribution in [1.82, 2.24) is 0 Å². The predicted molar refractivity (Wildman–Crippen MR) is 78.5 cm³/mol. The minimum absolute atomic E-state index is 0.325. The van der Waals surface area contributed by atoms with Crippen LogP contribution in [0.3, 0.4) is 0 Å². The Kier molecular flexibility index (Phi) is 4.25. The van der Waals surface area contributed by atoms with Crippen LogP contribution in [-0.2, 0) is 6.54 Å². The van der Waals surface area contributed by atoms with E-state index in [9.17, 15) is 4.79 Å². The van der Waals surface area contributed by atoms with E-state index in [1.54, 1.807) is 19.2 Å². The van der Waals surface area contributed by atoms with Gasteiger partial charge in [-0.25, -0.2) is 4.79 Å². The lowest BCUT2D eigenvalue weighted by atomic mass is 10.1. The fourth-order valence-corrected chi connectivity index (χ4v) is 2.04. The predicted octanol–water partition coefficient (Wildman–Crippen LogP) is 3.31. The fourth-order valence-electron chi connectivity index (χ4n) is 2.04. The summed E-state index contributed by atoms with van der Waals surface area (Å²) in [7, 11) is 1.63. The number of ether oxygens (including phenoxy) is 1. The highest BCUT2D eigenvalue weighted by Gasteiger charge is 2.09. The van der Waals surface area contributed by atoms with E-state index < -0.39 is 5.97 Å². The number of hydrogen-bond acceptors (Lipinski definition) is 3. The number of rotatable bonds is 5. The van der Waals surface area contributed by atoms with Gasteiger partial charge in [0.25, 0.3) is 0 Å². The van der Waals surface area contributed by atoms with Crippen molar-refractivity contribution in [3.8, 4) is 5.75 Å². The molecule has 20 heavy (non-hydrogen) atoms. The number of methoxy groups -OCH3 is 1. The summed E-state index contributed by atoms with van der Waals surface area (Å²) in [5, 5.41) is 12.4. The Morgan fingerprint density at radius 1 is 1.25 bits per heavy atom. The molecule has 0 atom stereocenters. The Morgan fingerprint density at radius 3 is 2.65 bits per heavy atom. The minimum atomic E-state index is -0.908. The van der Waals surface area contributed by atoms with E-state index in [0.29, 0.717) is 12.1 Å². The number of hydrogen-bond donors (Lipinski definition) is 2. The van der Waals surface area contributed by atoms with Crippen LogP contribution in [0.4, 0.5) is 5.69 Å². The highest BCUT2D eigenvalue weighted by atomic mass is 16.5. The molecule has 0 aliphatic rings. The number of carboxylic acids is 1. The van der Waals surface area contributed by atoms with Gasteiger partial charge in [-0.3, -0.25) is 0 Å². The van der Waals surface area contributed by atoms with Crippen molar-refractivity contribution in [3.63, 3.8) is 0 Å². The average Bonchev–Trinajstić information content (AvgIpc) is 2.46. The molecule has 4 heteroatoms. The van der Waals surface area contributed by atoms with Gasteiger partial charge in [-0.1, -0.05) is 18.2 Å². The smallest absolute Gasteiger partial charge is 0.336 e. The normalized spacial score (nSPS) is 10.1. The monoisotopic (exact) mass is 271 g/mol. The Morgan fingerprint density at radius 2 is 2.00 bits per heavy atom. The summed E-state index contributed by atoms with van der Waals surface area (Å²) in [6.45, 7) is 2.45. The van der Waals surface area contributed by atoms with Crippen LogP contribution in [0.2, 0.25) is 0 Å². The number of anilines is 1. The van der Waals surface area contributed by atoms with E-state index in [1.807, 2.05) is 37.3 Å². The highest BCUT2D eigenvalue weighted by molar-refractivity contribution is 5.89. The van der Waals surface area contributed by atoms with E-state index in [1.165, 1.54) is 0 Å². The third-order valence-corrected chi connectivity index (χ3v) is 3.15. The highest BCUT2D eigenvalue weighted by Crippen LogP contribution is 2.22. The van der Waals surface area contributed by atoms with Crippen LogP contribution in [0.5, 0.6) is 5.75 Å². The third-order valence-electron chi connectivity index (χ3n) is 3.15. The van der Waals surface area contributed by atoms with E-state index >= 15 is 0 Å². The molecular weight excluding hydrogens is 254 g/mol. The van der Waals surface area contributed by atoms with Gasteiger partial charge in [-0.05, 0) is 42.3 Å². The lowest BCUT2D eigenvalue weighted by Crippen LogP contribution is -2.07. The number of nitrogens with one attached hydrogen (secondary N) is 1. The van der Waals surface area contributed by atoms with E-state index in [4.69, 9.17) is 9.84 Å². The summed E-state index contributed by atoms with van der Waals surface area (Å²) in [6.07, 6.45) is 0. The van der Waals surface area contributed by atoms with Crippen molar-refractivity contribution >= 4 is 11.7 Å². The molecule has 0 saturated heterocycles. The quantitative estimate of drug-likeness (QED) is 0.876. The minimum Gasteiger partial charge on any atom is -0.497 e. The van der Waals surface area contributed by atoms with Crippen molar-refractivity contribution in [1.29, 1.82) is 0 Å². The number of carbonyl (C=O) groups is 1. The van der Waals surface area contributed by atoms with E-state index in [0.717, 1.165) is 22.6 Å². The van der Waals surface area contributed by atoms with Crippen LogP contribution in [0.1, 0.15) is 21.5 Å². The first kappa shape index (κ1) is 13.9. The molecule has 104 valence electrons. The summed E-state index contributed by atoms with van der Waals surface area (Å²) >= 11 is 0. The largest absolute Gasteiger partial charge is 0.497 e. The Labute approximate surface area is 118 Å². The summed E-state index contributed by atoms with van der Waals surface area (Å²) in [5.74, 6) is -0.104. The van der Waals surface area contributed by atoms with Gasteiger partial charge in [0.15, 0.2) is 0 Å². The molecule has 0 unspecified atom stereocenters. The molecular formula is C16H17NO3. The van der Waals surface area contributed by atoms with Crippen molar-refractivity contribution in [2.24, 2.45) is 0 Å². The Balaban J connectivity index is 2.15. The van der Waals surface area contributed by atoms with Crippen LogP contribution in [-0.4, -0.2) is 18.2 Å². The Bertz CT molecular complexity index is 623. The van der Waals surface area contributed by atoms with Gasteiger partial charge >= 0.3 is 5.97 Å². The van der Waals surface area contributed by atoms with Crippen LogP contribution >= 0.6 is 0 Å². The van der Waals surface area contributed by atoms with Crippen LogP contribution in [0.25, 0.3) is 0 Å². The van der Waals surface area contributed by atoms with Crippen molar-refractivity contribution in [2.45, 2.75) is 13.5 Å². The standard InChI is InChI=1S/C16H17NO3/c1-11-9-13(20-2)7-8-15(11)17-10-12-5-3-4-6-14(12)16(18)19/h3-9,17H,10H2,1-2H3,(H,18,19). The first-order valence-electron chi connectivity index (χ1n) is 6.31. The fraction of sp³-hybridized carbons (Fsp3) is 0.188. The van der Waals surface area contributed by atoms with Gasteiger partial charge in [0.1, 0.15) is 5.75 Å². The zero-order valence-corrected chi connectivity index (χ0v) is 11.5. The average molecular weight is 271 g/mol. The second-order valence-electron chi connectivity index (χ2n) is 4.50. The molecule has 0 amide bonds. The number of carboxylic acid groups (broad SMARTS) is 1. The first-order valence-corrected chi connectivity index (χ1v) is 6.31. The lowest BCUT2D eigenvalue weighted by molar-refractivity contribution is 0.0696. The number of benzene rings is 2. The SMILES string of the molecule is COc1ccc(NCc2ccccc2C(=O)O)c(C)c1. The molecule has 0 fully saturated rings. The summed E-state index contributed by atoms with van der Waals surface area (Å²) < 4.78 is 5.16. The van der Waals surface area contributed by atoms with E-state index in [2.05, 4.69) is 5.32 Å². The zero-order valence-electron chi connectivity index (χ0n) is 11.5. The van der Waals surface area contributed by atoms with Crippen molar-refractivity contribution in [3.05, 3.63) is 59.2 Å². The number of aryl methyl sites for hydroxylation is 1. The molecule has 0 aliphatic heterocycles. The molecule has 0 bridgehead atoms. The zero-order chi connectivity index (χ0) is 14.5. The molecule has 0 radical (unpaired) electrons. The molecule has 0 aromatic heterocycles. The number of aromatic carboxylic acids is 1. The van der Waals surface area contributed by atoms with Crippen LogP contribution < -0.4 is 10.1 Å². The third kappa shape index (κ3) is 3.09. The molecule has 4 nitrogen and oxygen atoms in total. The van der Waals surface area contributed by atoms with Gasteiger partial charge in [0, 0.05) is 12.2 Å². The van der Waals surface area contributed by atoms with Gasteiger partial charge in [0.05, 0.1) is 12.7 Å². The van der Waals surface area contributed by atoms with Gasteiger partial charge in [-0.2, -0.15) is 0 Å². The first-order chi connectivity index (χ1) is 9.61. The molecule has 0 heterocycles. The summed E-state index contributed by atoms with van der Waals surface area (Å²) in [4.78, 5) is 11.1. The second-order valence-corrected chi connectivity index (χ2v) is 4.50. The summed E-state index contributed by atoms with van der Waals surface area (Å²) in [5.41, 5.74) is 3.10. The summed E-state index contributed by atoms with van der Waals surface area (Å²) in [6, 6.07) is 12.7. The molecule has 0 spiro atoms. The van der Waals surface area contributed by atoms with Crippen LogP contribution in [0, 0.1) is 6.92 Å². The second kappa shape index (κ2) is 6.10. The van der Waals surface area contributed by atoms with Gasteiger partial charge < -0.3 is 15.2 Å².